The van der Waals surface area contributed by atoms with Crippen molar-refractivity contribution in [3.05, 3.63) is 59.4 Å². The number of benzene rings is 2. The number of ether oxygens (including phenoxy) is 1. The van der Waals surface area contributed by atoms with Gasteiger partial charge in [0.2, 0.25) is 0 Å². The fraction of sp³-hybridized carbons (Fsp3) is 0.300. The molecule has 2 aromatic carbocycles. The molecule has 0 fully saturated rings. The molecule has 3 rings (SSSR count). The van der Waals surface area contributed by atoms with Crippen molar-refractivity contribution in [2.75, 3.05) is 19.7 Å². The van der Waals surface area contributed by atoms with E-state index < -0.39 is 0 Å². The number of hydrogen-bond acceptors (Lipinski definition) is 3. The number of aryl methyl sites for hydroxylation is 2. The van der Waals surface area contributed by atoms with Crippen LogP contribution in [0.25, 0.3) is 11.0 Å². The summed E-state index contributed by atoms with van der Waals surface area (Å²) in [5.41, 5.74) is 3.58. The standard InChI is InChI=1S/C20H23N3O2/c1-4-23(10-11-25-17-7-5-6-14(2)12-17)20(24)16-8-9-18-19(13-16)22-15(3)21-18/h5-9,12-13H,4,10-11H2,1-3H3,(H,21,22). The van der Waals surface area contributed by atoms with Crippen LogP contribution in [0.2, 0.25) is 0 Å². The molecule has 0 spiro atoms. The summed E-state index contributed by atoms with van der Waals surface area (Å²) < 4.78 is 5.77. The van der Waals surface area contributed by atoms with Gasteiger partial charge in [0.15, 0.2) is 0 Å². The van der Waals surface area contributed by atoms with E-state index in [1.165, 1.54) is 0 Å². The minimum Gasteiger partial charge on any atom is -0.492 e. The van der Waals surface area contributed by atoms with Gasteiger partial charge in [-0.05, 0) is 56.7 Å². The summed E-state index contributed by atoms with van der Waals surface area (Å²) in [6.07, 6.45) is 0. The van der Waals surface area contributed by atoms with Crippen LogP contribution in [-0.2, 0) is 0 Å². The third-order valence-corrected chi connectivity index (χ3v) is 4.14. The van der Waals surface area contributed by atoms with Gasteiger partial charge >= 0.3 is 0 Å². The Labute approximate surface area is 147 Å². The summed E-state index contributed by atoms with van der Waals surface area (Å²) >= 11 is 0. The molecule has 5 nitrogen and oxygen atoms in total. The maximum absolute atomic E-state index is 12.8. The number of likely N-dealkylation sites (N-methyl/N-ethyl adjacent to an activating group) is 1. The molecule has 0 aliphatic heterocycles. The highest BCUT2D eigenvalue weighted by molar-refractivity contribution is 5.97. The number of imidazole rings is 1. The van der Waals surface area contributed by atoms with Crippen molar-refractivity contribution in [1.82, 2.24) is 14.9 Å². The molecule has 1 amide bonds. The number of carbonyl (C=O) groups excluding carboxylic acids is 1. The molecule has 1 heterocycles. The fourth-order valence-electron chi connectivity index (χ4n) is 2.83. The number of hydrogen-bond donors (Lipinski definition) is 1. The number of rotatable bonds is 6. The van der Waals surface area contributed by atoms with Crippen LogP contribution in [0.4, 0.5) is 0 Å². The Morgan fingerprint density at radius 2 is 2.04 bits per heavy atom. The first-order valence-corrected chi connectivity index (χ1v) is 8.52. The first-order chi connectivity index (χ1) is 12.1. The molecular weight excluding hydrogens is 314 g/mol. The Kier molecular flexibility index (Phi) is 5.03. The molecule has 0 aliphatic carbocycles. The van der Waals surface area contributed by atoms with E-state index >= 15 is 0 Å². The average molecular weight is 337 g/mol. The van der Waals surface area contributed by atoms with Crippen LogP contribution in [-0.4, -0.2) is 40.5 Å². The number of fused-ring (bicyclic) bond motifs is 1. The van der Waals surface area contributed by atoms with Gasteiger partial charge in [-0.2, -0.15) is 0 Å². The molecule has 130 valence electrons. The summed E-state index contributed by atoms with van der Waals surface area (Å²) in [6, 6.07) is 13.5. The maximum atomic E-state index is 12.8. The Morgan fingerprint density at radius 3 is 2.80 bits per heavy atom. The first-order valence-electron chi connectivity index (χ1n) is 8.52. The van der Waals surface area contributed by atoms with Crippen LogP contribution in [0.1, 0.15) is 28.7 Å². The number of aromatic amines is 1. The van der Waals surface area contributed by atoms with Crippen LogP contribution < -0.4 is 4.74 Å². The summed E-state index contributed by atoms with van der Waals surface area (Å²) in [5.74, 6) is 1.68. The second-order valence-corrected chi connectivity index (χ2v) is 6.10. The molecule has 1 N–H and O–H groups in total. The zero-order valence-electron chi connectivity index (χ0n) is 14.9. The van der Waals surface area contributed by atoms with Gasteiger partial charge in [-0.3, -0.25) is 4.79 Å². The SMILES string of the molecule is CCN(CCOc1cccc(C)c1)C(=O)c1ccc2nc(C)[nH]c2c1. The Morgan fingerprint density at radius 1 is 1.20 bits per heavy atom. The number of H-pyrrole nitrogens is 1. The molecule has 5 heteroatoms. The van der Waals surface area contributed by atoms with E-state index in [4.69, 9.17) is 4.74 Å². The summed E-state index contributed by atoms with van der Waals surface area (Å²) in [4.78, 5) is 22.1. The topological polar surface area (TPSA) is 58.2 Å². The van der Waals surface area contributed by atoms with Crippen molar-refractivity contribution in [3.8, 4) is 5.75 Å². The van der Waals surface area contributed by atoms with Gasteiger partial charge in [-0.15, -0.1) is 0 Å². The van der Waals surface area contributed by atoms with E-state index in [1.54, 1.807) is 4.90 Å². The van der Waals surface area contributed by atoms with E-state index in [9.17, 15) is 4.79 Å². The lowest BCUT2D eigenvalue weighted by molar-refractivity contribution is 0.0740. The Bertz CT molecular complexity index is 886. The molecule has 0 radical (unpaired) electrons. The summed E-state index contributed by atoms with van der Waals surface area (Å²) in [7, 11) is 0. The highest BCUT2D eigenvalue weighted by atomic mass is 16.5. The van der Waals surface area contributed by atoms with Gasteiger partial charge in [0.1, 0.15) is 18.2 Å². The van der Waals surface area contributed by atoms with Gasteiger partial charge in [-0.1, -0.05) is 12.1 Å². The molecule has 25 heavy (non-hydrogen) atoms. The van der Waals surface area contributed by atoms with Gasteiger partial charge in [0.25, 0.3) is 5.91 Å². The number of aromatic nitrogens is 2. The van der Waals surface area contributed by atoms with Crippen molar-refractivity contribution in [2.24, 2.45) is 0 Å². The number of carbonyl (C=O) groups is 1. The monoisotopic (exact) mass is 337 g/mol. The third-order valence-electron chi connectivity index (χ3n) is 4.14. The van der Waals surface area contributed by atoms with Crippen LogP contribution in [0.15, 0.2) is 42.5 Å². The smallest absolute Gasteiger partial charge is 0.254 e. The molecular formula is C20H23N3O2. The van der Waals surface area contributed by atoms with Gasteiger partial charge in [0, 0.05) is 12.1 Å². The second-order valence-electron chi connectivity index (χ2n) is 6.10. The van der Waals surface area contributed by atoms with E-state index in [1.807, 2.05) is 63.2 Å². The van der Waals surface area contributed by atoms with E-state index in [0.29, 0.717) is 25.3 Å². The van der Waals surface area contributed by atoms with Crippen molar-refractivity contribution in [3.63, 3.8) is 0 Å². The predicted molar refractivity (Wildman–Crippen MR) is 99.1 cm³/mol. The minimum atomic E-state index is 0.00416. The van der Waals surface area contributed by atoms with E-state index in [-0.39, 0.29) is 5.91 Å². The van der Waals surface area contributed by atoms with Crippen molar-refractivity contribution in [2.45, 2.75) is 20.8 Å². The second kappa shape index (κ2) is 7.38. The largest absolute Gasteiger partial charge is 0.492 e. The lowest BCUT2D eigenvalue weighted by Gasteiger charge is -2.21. The number of amides is 1. The van der Waals surface area contributed by atoms with Crippen LogP contribution in [0.3, 0.4) is 0 Å². The molecule has 3 aromatic rings. The highest BCUT2D eigenvalue weighted by Crippen LogP contribution is 2.16. The van der Waals surface area contributed by atoms with Crippen molar-refractivity contribution in [1.29, 1.82) is 0 Å². The molecule has 0 saturated heterocycles. The number of nitrogens with zero attached hydrogens (tertiary/aromatic N) is 2. The first kappa shape index (κ1) is 17.0. The molecule has 0 saturated carbocycles. The minimum absolute atomic E-state index is 0.00416. The zero-order valence-corrected chi connectivity index (χ0v) is 14.9. The predicted octanol–water partition coefficient (Wildman–Crippen LogP) is 3.72. The van der Waals surface area contributed by atoms with E-state index in [0.717, 1.165) is 28.2 Å². The average Bonchev–Trinajstić information content (AvgIpc) is 2.97. The molecule has 1 aromatic heterocycles. The Balaban J connectivity index is 1.65. The molecule has 0 bridgehead atoms. The molecule has 0 aliphatic rings. The van der Waals surface area contributed by atoms with Crippen LogP contribution >= 0.6 is 0 Å². The fourth-order valence-corrected chi connectivity index (χ4v) is 2.83. The molecule has 0 atom stereocenters. The maximum Gasteiger partial charge on any atom is 0.254 e. The van der Waals surface area contributed by atoms with E-state index in [2.05, 4.69) is 9.97 Å². The zero-order chi connectivity index (χ0) is 17.8. The van der Waals surface area contributed by atoms with Crippen molar-refractivity contribution >= 4 is 16.9 Å². The Hall–Kier alpha value is -2.82. The van der Waals surface area contributed by atoms with Gasteiger partial charge in [-0.25, -0.2) is 4.98 Å². The normalized spacial score (nSPS) is 10.8. The summed E-state index contributed by atoms with van der Waals surface area (Å²) in [6.45, 7) is 7.56. The quantitative estimate of drug-likeness (QED) is 0.746. The lowest BCUT2D eigenvalue weighted by Crippen LogP contribution is -2.34. The summed E-state index contributed by atoms with van der Waals surface area (Å²) in [5, 5.41) is 0. The van der Waals surface area contributed by atoms with Gasteiger partial charge < -0.3 is 14.6 Å². The highest BCUT2D eigenvalue weighted by Gasteiger charge is 2.15. The van der Waals surface area contributed by atoms with Crippen LogP contribution in [0.5, 0.6) is 5.75 Å². The molecule has 0 unspecified atom stereocenters. The number of nitrogens with one attached hydrogen (secondary N) is 1. The van der Waals surface area contributed by atoms with Gasteiger partial charge in [0.05, 0.1) is 17.6 Å². The third kappa shape index (κ3) is 3.99. The van der Waals surface area contributed by atoms with Crippen molar-refractivity contribution < 1.29 is 9.53 Å². The lowest BCUT2D eigenvalue weighted by atomic mass is 10.1. The van der Waals surface area contributed by atoms with Crippen LogP contribution in [0, 0.1) is 13.8 Å².